The lowest BCUT2D eigenvalue weighted by molar-refractivity contribution is -0.172. The Balaban J connectivity index is 1.77. The Morgan fingerprint density at radius 2 is 1.74 bits per heavy atom. The fourth-order valence-electron chi connectivity index (χ4n) is 3.89. The molecular weight excluding hydrogens is 497 g/mol. The minimum absolute atomic E-state index is 0.0198. The van der Waals surface area contributed by atoms with Crippen molar-refractivity contribution in [1.82, 2.24) is 15.6 Å². The molecule has 0 radical (unpaired) electrons. The van der Waals surface area contributed by atoms with Gasteiger partial charge in [0.25, 0.3) is 5.91 Å². The van der Waals surface area contributed by atoms with Crippen LogP contribution in [0.5, 0.6) is 0 Å². The second kappa shape index (κ2) is 12.6. The van der Waals surface area contributed by atoms with Gasteiger partial charge in [-0.05, 0) is 31.4 Å². The van der Waals surface area contributed by atoms with Crippen LogP contribution in [0.3, 0.4) is 0 Å². The van der Waals surface area contributed by atoms with Gasteiger partial charge >= 0.3 is 19.1 Å². The number of benzene rings is 1. The van der Waals surface area contributed by atoms with Crippen LogP contribution in [-0.2, 0) is 23.7 Å². The minimum atomic E-state index is -2.03. The molecule has 1 aliphatic rings. The average Bonchev–Trinajstić information content (AvgIpc) is 2.88. The molecule has 0 spiro atoms. The van der Waals surface area contributed by atoms with E-state index >= 15 is 0 Å². The highest BCUT2D eigenvalue weighted by molar-refractivity contribution is 6.50. The van der Waals surface area contributed by atoms with E-state index in [2.05, 4.69) is 15.6 Å². The number of nitrogens with zero attached hydrogens (tertiary/aromatic N) is 1. The zero-order valence-corrected chi connectivity index (χ0v) is 21.1. The second-order valence-electron chi connectivity index (χ2n) is 9.36. The van der Waals surface area contributed by atoms with Crippen molar-refractivity contribution in [2.45, 2.75) is 57.5 Å². The van der Waals surface area contributed by atoms with E-state index in [-0.39, 0.29) is 18.0 Å². The third-order valence-electron chi connectivity index (χ3n) is 5.77. The smallest absolute Gasteiger partial charge is 0.506 e. The van der Waals surface area contributed by atoms with Crippen LogP contribution in [0.15, 0.2) is 48.5 Å². The normalized spacial score (nSPS) is 19.7. The Bertz CT molecular complexity index is 1160. The molecule has 2 aromatic rings. The molecule has 5 atom stereocenters. The van der Waals surface area contributed by atoms with Crippen LogP contribution in [0.25, 0.3) is 11.3 Å². The van der Waals surface area contributed by atoms with E-state index in [1.807, 2.05) is 44.2 Å². The van der Waals surface area contributed by atoms with Crippen LogP contribution in [0.4, 0.5) is 0 Å². The molecule has 13 heteroatoms. The first-order valence-corrected chi connectivity index (χ1v) is 12.1. The van der Waals surface area contributed by atoms with Gasteiger partial charge in [0.1, 0.15) is 11.7 Å². The number of carboxylic acid groups (broad SMARTS) is 1. The van der Waals surface area contributed by atoms with Crippen LogP contribution in [-0.4, -0.2) is 81.5 Å². The van der Waals surface area contributed by atoms with E-state index in [9.17, 15) is 34.5 Å². The van der Waals surface area contributed by atoms with E-state index < -0.39 is 61.2 Å². The van der Waals surface area contributed by atoms with Crippen molar-refractivity contribution in [2.75, 3.05) is 0 Å². The van der Waals surface area contributed by atoms with Crippen LogP contribution in [0, 0.1) is 5.92 Å². The number of carboxylic acids is 1. The van der Waals surface area contributed by atoms with Crippen LogP contribution in [0.2, 0.25) is 0 Å². The summed E-state index contributed by atoms with van der Waals surface area (Å²) < 4.78 is 10.3. The van der Waals surface area contributed by atoms with Gasteiger partial charge in [0.15, 0.2) is 12.2 Å². The number of pyridine rings is 1. The van der Waals surface area contributed by atoms with Gasteiger partial charge in [-0.2, -0.15) is 0 Å². The monoisotopic (exact) mass is 527 g/mol. The van der Waals surface area contributed by atoms with Crippen LogP contribution >= 0.6 is 0 Å². The third-order valence-corrected chi connectivity index (χ3v) is 5.77. The second-order valence-corrected chi connectivity index (χ2v) is 9.36. The van der Waals surface area contributed by atoms with Gasteiger partial charge < -0.3 is 35.3 Å². The van der Waals surface area contributed by atoms with Gasteiger partial charge in [-0.1, -0.05) is 50.2 Å². The zero-order valence-electron chi connectivity index (χ0n) is 21.1. The Hall–Kier alpha value is -3.81. The first-order chi connectivity index (χ1) is 18.0. The molecule has 0 aliphatic carbocycles. The molecule has 12 nitrogen and oxygen atoms in total. The minimum Gasteiger partial charge on any atom is -0.506 e. The van der Waals surface area contributed by atoms with Gasteiger partial charge in [0.05, 0.1) is 17.7 Å². The molecule has 38 heavy (non-hydrogen) atoms. The highest BCUT2D eigenvalue weighted by Crippen LogP contribution is 2.19. The van der Waals surface area contributed by atoms with Crippen LogP contribution < -0.4 is 10.6 Å². The summed E-state index contributed by atoms with van der Waals surface area (Å²) in [5, 5.41) is 34.4. The molecular formula is C25H30BN3O9. The lowest BCUT2D eigenvalue weighted by atomic mass is 9.72. The predicted molar refractivity (Wildman–Crippen MR) is 134 cm³/mol. The molecule has 1 aromatic carbocycles. The van der Waals surface area contributed by atoms with Gasteiger partial charge in [0.2, 0.25) is 5.91 Å². The SMILES string of the molecule is CC(C)C[C@H](NC(=O)[C@@H](NC(=O)c1cccc(-c2ccccc2)n1)[C@@H](C)O)B1OC(=O)[C@H](O)[C@H](C(=O)O)O1. The molecule has 5 N–H and O–H groups in total. The largest absolute Gasteiger partial charge is 0.552 e. The summed E-state index contributed by atoms with van der Waals surface area (Å²) >= 11 is 0. The molecule has 1 fully saturated rings. The Morgan fingerprint density at radius 1 is 1.05 bits per heavy atom. The maximum Gasteiger partial charge on any atom is 0.552 e. The number of aliphatic carboxylic acids is 1. The van der Waals surface area contributed by atoms with E-state index in [1.165, 1.54) is 13.0 Å². The summed E-state index contributed by atoms with van der Waals surface area (Å²) in [7, 11) is -1.52. The van der Waals surface area contributed by atoms with Gasteiger partial charge in [0, 0.05) is 5.56 Å². The van der Waals surface area contributed by atoms with E-state index in [4.69, 9.17) is 9.31 Å². The van der Waals surface area contributed by atoms with Crippen molar-refractivity contribution >= 4 is 30.9 Å². The number of hydrogen-bond donors (Lipinski definition) is 5. The van der Waals surface area contributed by atoms with Crippen molar-refractivity contribution in [2.24, 2.45) is 5.92 Å². The number of carbonyl (C=O) groups is 4. The molecule has 1 saturated heterocycles. The predicted octanol–water partition coefficient (Wildman–Crippen LogP) is 0.174. The summed E-state index contributed by atoms with van der Waals surface area (Å²) in [6.45, 7) is 4.93. The fraction of sp³-hybridized carbons (Fsp3) is 0.400. The highest BCUT2D eigenvalue weighted by Gasteiger charge is 2.49. The lowest BCUT2D eigenvalue weighted by Gasteiger charge is -2.34. The maximum atomic E-state index is 13.2. The molecule has 0 saturated carbocycles. The molecule has 2 heterocycles. The summed E-state index contributed by atoms with van der Waals surface area (Å²) in [6, 6.07) is 12.6. The van der Waals surface area contributed by atoms with E-state index in [0.717, 1.165) is 5.56 Å². The third kappa shape index (κ3) is 7.15. The molecule has 0 bridgehead atoms. The van der Waals surface area contributed by atoms with Gasteiger partial charge in [-0.3, -0.25) is 14.4 Å². The molecule has 1 aromatic heterocycles. The first kappa shape index (κ1) is 28.8. The number of amides is 2. The zero-order chi connectivity index (χ0) is 28.0. The standard InChI is InChI=1S/C25H30BN3O9/c1-13(2)12-18(26-37-21(24(34)35)20(31)25(36)38-26)28-23(33)19(14(3)30)29-22(32)17-11-7-10-16(27-17)15-8-5-4-6-9-15/h4-11,13-14,18-21,30-31H,12H2,1-3H3,(H,28,33)(H,29,32)(H,34,35)/t14-,18+,19+,20-,21-/m1/s1. The number of aliphatic hydroxyl groups is 2. The fourth-order valence-corrected chi connectivity index (χ4v) is 3.89. The van der Waals surface area contributed by atoms with Crippen LogP contribution in [0.1, 0.15) is 37.7 Å². The molecule has 1 aliphatic heterocycles. The Kier molecular flexibility index (Phi) is 9.56. The molecule has 202 valence electrons. The molecule has 2 amide bonds. The van der Waals surface area contributed by atoms with Crippen molar-refractivity contribution in [3.8, 4) is 11.3 Å². The van der Waals surface area contributed by atoms with Crippen molar-refractivity contribution in [3.63, 3.8) is 0 Å². The number of rotatable bonds is 10. The van der Waals surface area contributed by atoms with E-state index in [0.29, 0.717) is 5.69 Å². The quantitative estimate of drug-likeness (QED) is 0.267. The first-order valence-electron chi connectivity index (χ1n) is 12.1. The maximum absolute atomic E-state index is 13.2. The van der Waals surface area contributed by atoms with Gasteiger partial charge in [-0.15, -0.1) is 0 Å². The number of hydrogen-bond acceptors (Lipinski definition) is 9. The topological polar surface area (TPSA) is 184 Å². The van der Waals surface area contributed by atoms with E-state index in [1.54, 1.807) is 12.1 Å². The number of carbonyl (C=O) groups excluding carboxylic acids is 3. The summed E-state index contributed by atoms with van der Waals surface area (Å²) in [4.78, 5) is 53.9. The highest BCUT2D eigenvalue weighted by atomic mass is 16.7. The molecule has 0 unspecified atom stereocenters. The van der Waals surface area contributed by atoms with Crippen molar-refractivity contribution < 1.29 is 43.8 Å². The Labute approximate surface area is 219 Å². The number of aliphatic hydroxyl groups excluding tert-OH is 2. The summed E-state index contributed by atoms with van der Waals surface area (Å²) in [5.74, 6) is -5.43. The summed E-state index contributed by atoms with van der Waals surface area (Å²) in [5.41, 5.74) is 1.35. The summed E-state index contributed by atoms with van der Waals surface area (Å²) in [6.07, 6.45) is -5.06. The van der Waals surface area contributed by atoms with Crippen molar-refractivity contribution in [3.05, 3.63) is 54.2 Å². The molecule has 3 rings (SSSR count). The van der Waals surface area contributed by atoms with Gasteiger partial charge in [-0.25, -0.2) is 9.78 Å². The lowest BCUT2D eigenvalue weighted by Crippen LogP contribution is -2.63. The van der Waals surface area contributed by atoms with Crippen molar-refractivity contribution in [1.29, 1.82) is 0 Å². The number of aromatic nitrogens is 1. The Morgan fingerprint density at radius 3 is 2.34 bits per heavy atom. The average molecular weight is 527 g/mol. The number of nitrogens with one attached hydrogen (secondary N) is 2.